The van der Waals surface area contributed by atoms with Crippen LogP contribution in [-0.4, -0.2) is 80.7 Å². The molecule has 2 fully saturated rings. The average Bonchev–Trinajstić information content (AvgIpc) is 3.43. The van der Waals surface area contributed by atoms with Crippen LogP contribution < -0.4 is 5.73 Å². The summed E-state index contributed by atoms with van der Waals surface area (Å²) in [5.41, 5.74) is 1.30. The summed E-state index contributed by atoms with van der Waals surface area (Å²) in [5, 5.41) is 45.3. The normalized spacial score (nSPS) is 35.7. The Hall–Kier alpha value is -2.73. The highest BCUT2D eigenvalue weighted by molar-refractivity contribution is 9.10. The van der Waals surface area contributed by atoms with Crippen molar-refractivity contribution in [2.75, 3.05) is 14.1 Å². The number of halogens is 1. The Kier molecular flexibility index (Phi) is 5.06. The molecule has 1 aliphatic heterocycles. The molecule has 1 unspecified atom stereocenters. The van der Waals surface area contributed by atoms with Gasteiger partial charge in [0.1, 0.15) is 17.3 Å². The SMILES string of the molecule is CC1O[C@]12C(C(N)=O)=C(O)[C@@H](N(C)C)[C@@H]1C[C@@H]3Cc4c(Br)cc(C=O)c(O)c4C(O)=C3C(=O)[C@@]12O. The van der Waals surface area contributed by atoms with E-state index in [1.54, 1.807) is 25.9 Å². The molecule has 1 spiro atoms. The molecule has 6 atom stereocenters. The number of nitrogens with zero attached hydrogens (tertiary/aromatic N) is 1. The van der Waals surface area contributed by atoms with Crippen LogP contribution in [0.25, 0.3) is 5.76 Å². The first kappa shape index (κ1) is 24.0. The second-order valence-electron chi connectivity index (χ2n) is 9.90. The molecule has 1 heterocycles. The summed E-state index contributed by atoms with van der Waals surface area (Å²) in [4.78, 5) is 39.7. The molecular weight excluding hydrogens is 524 g/mol. The fourth-order valence-electron chi connectivity index (χ4n) is 6.61. The molecule has 1 aromatic rings. The van der Waals surface area contributed by atoms with Crippen molar-refractivity contribution in [2.45, 2.75) is 43.1 Å². The Morgan fingerprint density at radius 2 is 1.94 bits per heavy atom. The number of rotatable bonds is 3. The van der Waals surface area contributed by atoms with Crippen LogP contribution in [0.3, 0.4) is 0 Å². The second kappa shape index (κ2) is 7.39. The third-order valence-electron chi connectivity index (χ3n) is 8.06. The van der Waals surface area contributed by atoms with E-state index in [9.17, 15) is 34.8 Å². The molecule has 10 nitrogen and oxygen atoms in total. The largest absolute Gasteiger partial charge is 0.510 e. The molecule has 3 aliphatic carbocycles. The number of aliphatic hydroxyl groups excluding tert-OH is 2. The molecule has 1 saturated heterocycles. The molecule has 1 aromatic carbocycles. The number of carbonyl (C=O) groups is 3. The van der Waals surface area contributed by atoms with Gasteiger partial charge in [-0.15, -0.1) is 0 Å². The van der Waals surface area contributed by atoms with E-state index in [0.29, 0.717) is 16.3 Å². The van der Waals surface area contributed by atoms with Crippen LogP contribution in [0.5, 0.6) is 5.75 Å². The standard InChI is InChI=1S/C24H25BrN2O8/c1-8-24(35-8)16(22(26)33)20(31)17(27(2)3)12-5-9-4-11-13(25)6-10(7-28)18(29)15(11)19(30)14(9)21(32)23(12,24)34/h6-9,12,17,29-31,34H,4-5H2,1-3H3,(H2,26,33)/t8?,9-,12-,17-,23-,24-/m0/s1. The first-order valence-corrected chi connectivity index (χ1v) is 11.9. The van der Waals surface area contributed by atoms with Crippen molar-refractivity contribution in [3.63, 3.8) is 0 Å². The Balaban J connectivity index is 1.79. The van der Waals surface area contributed by atoms with Gasteiger partial charge in [0, 0.05) is 16.0 Å². The van der Waals surface area contributed by atoms with Crippen LogP contribution in [0.2, 0.25) is 0 Å². The predicted octanol–water partition coefficient (Wildman–Crippen LogP) is 1.13. The zero-order chi connectivity index (χ0) is 25.8. The van der Waals surface area contributed by atoms with E-state index in [1.807, 2.05) is 0 Å². The summed E-state index contributed by atoms with van der Waals surface area (Å²) in [7, 11) is 3.29. The number of benzene rings is 1. The van der Waals surface area contributed by atoms with Crippen LogP contribution in [0.1, 0.15) is 34.8 Å². The summed E-state index contributed by atoms with van der Waals surface area (Å²) in [5.74, 6) is -4.73. The van der Waals surface area contributed by atoms with E-state index in [0.717, 1.165) is 0 Å². The number of nitrogens with two attached hydrogens (primary N) is 1. The number of aldehydes is 1. The highest BCUT2D eigenvalue weighted by atomic mass is 79.9. The Labute approximate surface area is 208 Å². The fraction of sp³-hybridized carbons (Fsp3) is 0.458. The number of ether oxygens (including phenoxy) is 1. The lowest BCUT2D eigenvalue weighted by molar-refractivity contribution is -0.163. The van der Waals surface area contributed by atoms with Crippen LogP contribution in [0, 0.1) is 11.8 Å². The van der Waals surface area contributed by atoms with Crippen molar-refractivity contribution < 1.29 is 39.5 Å². The number of epoxide rings is 1. The van der Waals surface area contributed by atoms with Gasteiger partial charge in [0.2, 0.25) is 0 Å². The lowest BCUT2D eigenvalue weighted by atomic mass is 9.53. The van der Waals surface area contributed by atoms with Crippen molar-refractivity contribution in [3.05, 3.63) is 44.1 Å². The van der Waals surface area contributed by atoms with E-state index in [2.05, 4.69) is 15.9 Å². The number of primary amides is 1. The molecular formula is C24H25BrN2O8. The quantitative estimate of drug-likeness (QED) is 0.274. The molecule has 0 bridgehead atoms. The van der Waals surface area contributed by atoms with Gasteiger partial charge in [-0.05, 0) is 51.4 Å². The van der Waals surface area contributed by atoms with Crippen molar-refractivity contribution >= 4 is 39.7 Å². The third kappa shape index (κ3) is 2.72. The molecule has 4 aliphatic rings. The van der Waals surface area contributed by atoms with E-state index in [4.69, 9.17) is 10.5 Å². The Morgan fingerprint density at radius 3 is 2.46 bits per heavy atom. The number of ketones is 1. The molecule has 1 saturated carbocycles. The fourth-order valence-corrected chi connectivity index (χ4v) is 7.21. The summed E-state index contributed by atoms with van der Waals surface area (Å²) in [6.07, 6.45) is -0.00981. The van der Waals surface area contributed by atoms with Gasteiger partial charge in [-0.1, -0.05) is 15.9 Å². The monoisotopic (exact) mass is 548 g/mol. The van der Waals surface area contributed by atoms with E-state index in [1.165, 1.54) is 6.07 Å². The van der Waals surface area contributed by atoms with Gasteiger partial charge in [0.15, 0.2) is 23.3 Å². The molecule has 6 N–H and O–H groups in total. The third-order valence-corrected chi connectivity index (χ3v) is 8.77. The summed E-state index contributed by atoms with van der Waals surface area (Å²) in [6, 6.07) is 0.513. The number of phenolic OH excluding ortho intramolecular Hbond substituents is 1. The number of hydrogen-bond acceptors (Lipinski definition) is 9. The van der Waals surface area contributed by atoms with Crippen molar-refractivity contribution in [2.24, 2.45) is 17.6 Å². The van der Waals surface area contributed by atoms with Crippen LogP contribution in [0.15, 0.2) is 27.4 Å². The highest BCUT2D eigenvalue weighted by Crippen LogP contribution is 2.63. The van der Waals surface area contributed by atoms with Crippen molar-refractivity contribution in [3.8, 4) is 5.75 Å². The number of amides is 1. The molecule has 35 heavy (non-hydrogen) atoms. The Morgan fingerprint density at radius 1 is 1.31 bits per heavy atom. The molecule has 11 heteroatoms. The van der Waals surface area contributed by atoms with Gasteiger partial charge in [-0.3, -0.25) is 19.3 Å². The summed E-state index contributed by atoms with van der Waals surface area (Å²) >= 11 is 3.39. The van der Waals surface area contributed by atoms with Gasteiger partial charge in [0.25, 0.3) is 5.91 Å². The van der Waals surface area contributed by atoms with Gasteiger partial charge in [-0.2, -0.15) is 0 Å². The molecule has 5 rings (SSSR count). The topological polar surface area (TPSA) is 174 Å². The van der Waals surface area contributed by atoms with Crippen LogP contribution in [0.4, 0.5) is 0 Å². The maximum Gasteiger partial charge on any atom is 0.251 e. The summed E-state index contributed by atoms with van der Waals surface area (Å²) < 4.78 is 6.19. The lowest BCUT2D eigenvalue weighted by Gasteiger charge is -2.53. The molecule has 186 valence electrons. The maximum atomic E-state index is 14.1. The average molecular weight is 549 g/mol. The number of Topliss-reactive ketones (excluding diaryl/α,β-unsaturated/α-hetero) is 1. The van der Waals surface area contributed by atoms with Crippen molar-refractivity contribution in [1.29, 1.82) is 0 Å². The molecule has 1 amide bonds. The smallest absolute Gasteiger partial charge is 0.251 e. The minimum absolute atomic E-state index is 0.0598. The number of aliphatic hydroxyl groups is 3. The first-order valence-electron chi connectivity index (χ1n) is 11.1. The molecule has 0 aromatic heterocycles. The van der Waals surface area contributed by atoms with E-state index >= 15 is 0 Å². The number of aromatic hydroxyl groups is 1. The van der Waals surface area contributed by atoms with Gasteiger partial charge < -0.3 is 30.9 Å². The number of likely N-dealkylation sites (N-methyl/N-ethyl adjacent to an activating group) is 1. The second-order valence-corrected chi connectivity index (χ2v) is 10.8. The van der Waals surface area contributed by atoms with E-state index < -0.39 is 58.4 Å². The van der Waals surface area contributed by atoms with Gasteiger partial charge in [0.05, 0.1) is 28.8 Å². The first-order chi connectivity index (χ1) is 16.3. The minimum atomic E-state index is -2.33. The van der Waals surface area contributed by atoms with Crippen molar-refractivity contribution in [1.82, 2.24) is 4.90 Å². The highest BCUT2D eigenvalue weighted by Gasteiger charge is 2.80. The minimum Gasteiger partial charge on any atom is -0.510 e. The zero-order valence-corrected chi connectivity index (χ0v) is 20.8. The summed E-state index contributed by atoms with van der Waals surface area (Å²) in [6.45, 7) is 1.56. The maximum absolute atomic E-state index is 14.1. The van der Waals surface area contributed by atoms with Gasteiger partial charge >= 0.3 is 0 Å². The van der Waals surface area contributed by atoms with Gasteiger partial charge in [-0.25, -0.2) is 0 Å². The zero-order valence-electron chi connectivity index (χ0n) is 19.2. The van der Waals surface area contributed by atoms with Crippen LogP contribution >= 0.6 is 15.9 Å². The number of carbonyl (C=O) groups excluding carboxylic acids is 3. The van der Waals surface area contributed by atoms with Crippen LogP contribution in [-0.2, 0) is 20.7 Å². The Bertz CT molecular complexity index is 1290. The predicted molar refractivity (Wildman–Crippen MR) is 126 cm³/mol. The number of phenols is 1. The molecule has 0 radical (unpaired) electrons. The lowest BCUT2D eigenvalue weighted by Crippen LogP contribution is -2.71. The number of fused-ring (bicyclic) bond motifs is 4. The number of hydrogen-bond donors (Lipinski definition) is 5. The van der Waals surface area contributed by atoms with E-state index in [-0.39, 0.29) is 40.9 Å².